The van der Waals surface area contributed by atoms with Crippen LogP contribution in [0.25, 0.3) is 0 Å². The first-order valence-electron chi connectivity index (χ1n) is 4.37. The van der Waals surface area contributed by atoms with Gasteiger partial charge in [-0.25, -0.2) is 8.42 Å². The highest BCUT2D eigenvalue weighted by Crippen LogP contribution is 2.19. The van der Waals surface area contributed by atoms with Crippen LogP contribution < -0.4 is 11.3 Å². The van der Waals surface area contributed by atoms with Gasteiger partial charge in [0.1, 0.15) is 0 Å². The van der Waals surface area contributed by atoms with E-state index in [9.17, 15) is 8.42 Å². The quantitative estimate of drug-likeness (QED) is 0.497. The fourth-order valence-electron chi connectivity index (χ4n) is 1.29. The molecule has 7 nitrogen and oxygen atoms in total. The van der Waals surface area contributed by atoms with Gasteiger partial charge in [0.2, 0.25) is 0 Å². The number of hydrogen-bond donors (Lipinski definition) is 2. The molecule has 2 atom stereocenters. The van der Waals surface area contributed by atoms with Gasteiger partial charge in [0.05, 0.1) is 23.2 Å². The summed E-state index contributed by atoms with van der Waals surface area (Å²) in [7, 11) is -1.49. The number of nitrogens with zero attached hydrogens (tertiary/aromatic N) is 3. The van der Waals surface area contributed by atoms with Crippen LogP contribution in [0.2, 0.25) is 0 Å². The fraction of sp³-hybridized carbons (Fsp3) is 0.714. The average Bonchev–Trinajstić information content (AvgIpc) is 2.52. The van der Waals surface area contributed by atoms with Gasteiger partial charge in [-0.1, -0.05) is 5.21 Å². The second-order valence-corrected chi connectivity index (χ2v) is 5.86. The molecule has 0 bridgehead atoms. The number of hydrogen-bond acceptors (Lipinski definition) is 6. The van der Waals surface area contributed by atoms with Gasteiger partial charge in [0.25, 0.3) is 0 Å². The Balaban J connectivity index is 3.06. The first-order valence-corrected chi connectivity index (χ1v) is 6.33. The zero-order valence-electron chi connectivity index (χ0n) is 8.88. The lowest BCUT2D eigenvalue weighted by Crippen LogP contribution is -2.39. The molecule has 0 fully saturated rings. The van der Waals surface area contributed by atoms with Gasteiger partial charge < -0.3 is 0 Å². The van der Waals surface area contributed by atoms with Crippen molar-refractivity contribution >= 4 is 9.84 Å². The minimum Gasteiger partial charge on any atom is -0.271 e. The lowest BCUT2D eigenvalue weighted by Gasteiger charge is -2.21. The molecule has 0 radical (unpaired) electrons. The van der Waals surface area contributed by atoms with Crippen LogP contribution in [0.4, 0.5) is 0 Å². The van der Waals surface area contributed by atoms with Crippen molar-refractivity contribution in [2.45, 2.75) is 18.2 Å². The van der Waals surface area contributed by atoms with Crippen molar-refractivity contribution in [2.75, 3.05) is 6.26 Å². The van der Waals surface area contributed by atoms with Crippen LogP contribution in [0, 0.1) is 0 Å². The smallest absolute Gasteiger partial charge is 0.152 e. The first-order chi connectivity index (χ1) is 6.88. The first kappa shape index (κ1) is 12.1. The Morgan fingerprint density at radius 1 is 1.60 bits per heavy atom. The molecule has 0 aliphatic rings. The number of nitrogens with one attached hydrogen (secondary N) is 1. The van der Waals surface area contributed by atoms with Crippen molar-refractivity contribution in [1.29, 1.82) is 0 Å². The lowest BCUT2D eigenvalue weighted by molar-refractivity contribution is 0.483. The molecule has 0 saturated carbocycles. The summed E-state index contributed by atoms with van der Waals surface area (Å²) in [5.41, 5.74) is 3.11. The van der Waals surface area contributed by atoms with Crippen LogP contribution in [0.5, 0.6) is 0 Å². The number of sulfone groups is 1. The molecule has 0 aliphatic heterocycles. The monoisotopic (exact) mass is 233 g/mol. The minimum atomic E-state index is -3.17. The number of aromatic nitrogens is 3. The van der Waals surface area contributed by atoms with E-state index in [4.69, 9.17) is 5.84 Å². The Kier molecular flexibility index (Phi) is 3.42. The van der Waals surface area contributed by atoms with E-state index in [1.807, 2.05) is 0 Å². The van der Waals surface area contributed by atoms with Gasteiger partial charge in [-0.2, -0.15) is 0 Å². The second-order valence-electron chi connectivity index (χ2n) is 3.46. The highest BCUT2D eigenvalue weighted by Gasteiger charge is 2.28. The summed E-state index contributed by atoms with van der Waals surface area (Å²) < 4.78 is 24.3. The van der Waals surface area contributed by atoms with E-state index >= 15 is 0 Å². The van der Waals surface area contributed by atoms with Gasteiger partial charge in [0.15, 0.2) is 9.84 Å². The number of rotatable bonds is 4. The molecule has 1 heterocycles. The van der Waals surface area contributed by atoms with Crippen molar-refractivity contribution in [3.63, 3.8) is 0 Å². The van der Waals surface area contributed by atoms with Crippen LogP contribution in [-0.4, -0.2) is 34.9 Å². The summed E-state index contributed by atoms with van der Waals surface area (Å²) >= 11 is 0. The maximum atomic E-state index is 11.4. The Labute approximate surface area is 88.5 Å². The number of nitrogens with two attached hydrogens (primary N) is 1. The Hall–Kier alpha value is -0.990. The van der Waals surface area contributed by atoms with E-state index in [0.717, 1.165) is 0 Å². The topological polar surface area (TPSA) is 103 Å². The summed E-state index contributed by atoms with van der Waals surface area (Å²) in [4.78, 5) is 0. The molecule has 0 aromatic carbocycles. The van der Waals surface area contributed by atoms with Gasteiger partial charge in [0, 0.05) is 13.3 Å². The lowest BCUT2D eigenvalue weighted by atomic mass is 10.2. The molecule has 86 valence electrons. The molecule has 0 amide bonds. The maximum absolute atomic E-state index is 11.4. The van der Waals surface area contributed by atoms with Crippen molar-refractivity contribution < 1.29 is 8.42 Å². The largest absolute Gasteiger partial charge is 0.271 e. The molecule has 2 unspecified atom stereocenters. The SMILES string of the molecule is CC(C(NN)c1cnnn1C)S(C)(=O)=O. The molecule has 0 spiro atoms. The Bertz CT molecular complexity index is 426. The fourth-order valence-corrected chi connectivity index (χ4v) is 2.00. The number of aryl methyl sites for hydroxylation is 1. The third-order valence-electron chi connectivity index (χ3n) is 2.39. The third-order valence-corrected chi connectivity index (χ3v) is 4.02. The highest BCUT2D eigenvalue weighted by atomic mass is 32.2. The van der Waals surface area contributed by atoms with E-state index < -0.39 is 21.1 Å². The maximum Gasteiger partial charge on any atom is 0.152 e. The van der Waals surface area contributed by atoms with Crippen LogP contribution in [0.3, 0.4) is 0 Å². The summed E-state index contributed by atoms with van der Waals surface area (Å²) in [5.74, 6) is 5.35. The van der Waals surface area contributed by atoms with Crippen molar-refractivity contribution in [3.8, 4) is 0 Å². The van der Waals surface area contributed by atoms with E-state index in [2.05, 4.69) is 15.7 Å². The zero-order valence-corrected chi connectivity index (χ0v) is 9.69. The van der Waals surface area contributed by atoms with E-state index in [-0.39, 0.29) is 0 Å². The summed E-state index contributed by atoms with van der Waals surface area (Å²) in [6.07, 6.45) is 2.66. The number of hydrazine groups is 1. The van der Waals surface area contributed by atoms with E-state index in [1.54, 1.807) is 14.0 Å². The molecule has 1 aromatic heterocycles. The molecule has 1 rings (SSSR count). The molecule has 8 heteroatoms. The molecule has 0 saturated heterocycles. The van der Waals surface area contributed by atoms with E-state index in [1.165, 1.54) is 17.1 Å². The molecule has 15 heavy (non-hydrogen) atoms. The molecule has 1 aromatic rings. The van der Waals surface area contributed by atoms with Crippen molar-refractivity contribution in [1.82, 2.24) is 20.4 Å². The van der Waals surface area contributed by atoms with Gasteiger partial charge >= 0.3 is 0 Å². The van der Waals surface area contributed by atoms with Crippen LogP contribution in [0.1, 0.15) is 18.7 Å². The Morgan fingerprint density at radius 3 is 2.53 bits per heavy atom. The Morgan fingerprint density at radius 2 is 2.20 bits per heavy atom. The zero-order chi connectivity index (χ0) is 11.6. The molecular weight excluding hydrogens is 218 g/mol. The normalized spacial score (nSPS) is 16.3. The van der Waals surface area contributed by atoms with Gasteiger partial charge in [-0.05, 0) is 6.92 Å². The van der Waals surface area contributed by atoms with Crippen molar-refractivity contribution in [3.05, 3.63) is 11.9 Å². The van der Waals surface area contributed by atoms with Crippen molar-refractivity contribution in [2.24, 2.45) is 12.9 Å². The standard InChI is InChI=1S/C7H15N5O2S/c1-5(15(3,13)14)7(10-8)6-4-9-11-12(6)2/h4-5,7,10H,8H2,1-3H3. The second kappa shape index (κ2) is 4.25. The predicted octanol–water partition coefficient (Wildman–Crippen LogP) is -1.25. The highest BCUT2D eigenvalue weighted by molar-refractivity contribution is 7.91. The molecule has 3 N–H and O–H groups in total. The van der Waals surface area contributed by atoms with Gasteiger partial charge in [-0.3, -0.25) is 16.0 Å². The summed E-state index contributed by atoms with van der Waals surface area (Å²) in [6.45, 7) is 1.59. The minimum absolute atomic E-state index is 0.514. The van der Waals surface area contributed by atoms with E-state index in [0.29, 0.717) is 5.69 Å². The summed E-state index contributed by atoms with van der Waals surface area (Å²) in [6, 6.07) is -0.514. The van der Waals surface area contributed by atoms with Crippen LogP contribution in [-0.2, 0) is 16.9 Å². The molecule has 0 aliphatic carbocycles. The molecular formula is C7H15N5O2S. The average molecular weight is 233 g/mol. The third kappa shape index (κ3) is 2.52. The van der Waals surface area contributed by atoms with Crippen LogP contribution in [0.15, 0.2) is 6.20 Å². The van der Waals surface area contributed by atoms with Gasteiger partial charge in [-0.15, -0.1) is 5.10 Å². The van der Waals surface area contributed by atoms with Crippen LogP contribution >= 0.6 is 0 Å². The predicted molar refractivity (Wildman–Crippen MR) is 55.4 cm³/mol. The summed E-state index contributed by atoms with van der Waals surface area (Å²) in [5, 5.41) is 6.76.